The van der Waals surface area contributed by atoms with Gasteiger partial charge in [0.05, 0.1) is 0 Å². The second-order valence-corrected chi connectivity index (χ2v) is 3.88. The zero-order chi connectivity index (χ0) is 12.3. The van der Waals surface area contributed by atoms with Crippen molar-refractivity contribution in [1.82, 2.24) is 0 Å². The Morgan fingerprint density at radius 1 is 1.12 bits per heavy atom. The Morgan fingerprint density at radius 3 is 2.47 bits per heavy atom. The fourth-order valence-electron chi connectivity index (χ4n) is 1.60. The molecular formula is C14H14FNO. The number of nitrogens with two attached hydrogens (primary N) is 1. The van der Waals surface area contributed by atoms with Crippen LogP contribution in [0.25, 0.3) is 0 Å². The number of benzene rings is 2. The minimum Gasteiger partial charge on any atom is -0.486 e. The predicted molar refractivity (Wildman–Crippen MR) is 66.3 cm³/mol. The third-order valence-electron chi connectivity index (χ3n) is 2.51. The van der Waals surface area contributed by atoms with Crippen molar-refractivity contribution in [2.24, 2.45) is 0 Å². The SMILES string of the molecule is CC(Oc1ccc(F)cc1)c1cccc(N)c1. The third kappa shape index (κ3) is 2.97. The number of hydrogen-bond acceptors (Lipinski definition) is 2. The average Bonchev–Trinajstić information content (AvgIpc) is 2.32. The molecule has 0 bridgehead atoms. The summed E-state index contributed by atoms with van der Waals surface area (Å²) in [5, 5.41) is 0. The number of rotatable bonds is 3. The molecule has 0 radical (unpaired) electrons. The van der Waals surface area contributed by atoms with Gasteiger partial charge in [-0.05, 0) is 48.9 Å². The number of anilines is 1. The first-order valence-corrected chi connectivity index (χ1v) is 5.43. The van der Waals surface area contributed by atoms with Crippen molar-refractivity contribution in [3.63, 3.8) is 0 Å². The second kappa shape index (κ2) is 4.87. The van der Waals surface area contributed by atoms with Crippen molar-refractivity contribution in [3.05, 3.63) is 59.9 Å². The summed E-state index contributed by atoms with van der Waals surface area (Å²) in [7, 11) is 0. The van der Waals surface area contributed by atoms with E-state index >= 15 is 0 Å². The van der Waals surface area contributed by atoms with Crippen molar-refractivity contribution >= 4 is 5.69 Å². The molecule has 1 unspecified atom stereocenters. The highest BCUT2D eigenvalue weighted by atomic mass is 19.1. The van der Waals surface area contributed by atoms with Gasteiger partial charge >= 0.3 is 0 Å². The van der Waals surface area contributed by atoms with Gasteiger partial charge in [0.15, 0.2) is 0 Å². The van der Waals surface area contributed by atoms with Gasteiger partial charge in [0.1, 0.15) is 17.7 Å². The Hall–Kier alpha value is -2.03. The average molecular weight is 231 g/mol. The minimum absolute atomic E-state index is 0.121. The largest absolute Gasteiger partial charge is 0.486 e. The molecule has 0 spiro atoms. The number of nitrogen functional groups attached to an aromatic ring is 1. The van der Waals surface area contributed by atoms with Crippen LogP contribution >= 0.6 is 0 Å². The summed E-state index contributed by atoms with van der Waals surface area (Å²) in [6.07, 6.45) is -0.121. The topological polar surface area (TPSA) is 35.2 Å². The molecule has 88 valence electrons. The lowest BCUT2D eigenvalue weighted by atomic mass is 10.1. The van der Waals surface area contributed by atoms with Crippen LogP contribution in [0.3, 0.4) is 0 Å². The zero-order valence-electron chi connectivity index (χ0n) is 9.56. The smallest absolute Gasteiger partial charge is 0.123 e. The van der Waals surface area contributed by atoms with E-state index < -0.39 is 0 Å². The van der Waals surface area contributed by atoms with Crippen molar-refractivity contribution < 1.29 is 9.13 Å². The monoisotopic (exact) mass is 231 g/mol. The Labute approximate surface area is 99.8 Å². The number of halogens is 1. The van der Waals surface area contributed by atoms with Crippen LogP contribution in [0.5, 0.6) is 5.75 Å². The maximum atomic E-state index is 12.7. The third-order valence-corrected chi connectivity index (χ3v) is 2.51. The molecule has 0 aliphatic heterocycles. The van der Waals surface area contributed by atoms with Gasteiger partial charge in [-0.25, -0.2) is 4.39 Å². The van der Waals surface area contributed by atoms with Crippen LogP contribution < -0.4 is 10.5 Å². The van der Waals surface area contributed by atoms with E-state index in [1.165, 1.54) is 12.1 Å². The number of hydrogen-bond donors (Lipinski definition) is 1. The lowest BCUT2D eigenvalue weighted by Crippen LogP contribution is -2.03. The van der Waals surface area contributed by atoms with Gasteiger partial charge in [-0.3, -0.25) is 0 Å². The maximum absolute atomic E-state index is 12.7. The van der Waals surface area contributed by atoms with Crippen LogP contribution in [0.15, 0.2) is 48.5 Å². The van der Waals surface area contributed by atoms with Crippen LogP contribution in [-0.4, -0.2) is 0 Å². The van der Waals surface area contributed by atoms with Gasteiger partial charge in [0.25, 0.3) is 0 Å². The highest BCUT2D eigenvalue weighted by molar-refractivity contribution is 5.41. The Morgan fingerprint density at radius 2 is 1.82 bits per heavy atom. The van der Waals surface area contributed by atoms with Crippen molar-refractivity contribution in [2.45, 2.75) is 13.0 Å². The van der Waals surface area contributed by atoms with E-state index in [0.29, 0.717) is 11.4 Å². The van der Waals surface area contributed by atoms with Crippen LogP contribution in [0.2, 0.25) is 0 Å². The Balaban J connectivity index is 2.11. The molecule has 0 aromatic heterocycles. The molecule has 2 N–H and O–H groups in total. The van der Waals surface area contributed by atoms with Gasteiger partial charge < -0.3 is 10.5 Å². The second-order valence-electron chi connectivity index (χ2n) is 3.88. The molecule has 1 atom stereocenters. The van der Waals surface area contributed by atoms with Crippen LogP contribution in [0, 0.1) is 5.82 Å². The van der Waals surface area contributed by atoms with E-state index in [2.05, 4.69) is 0 Å². The Kier molecular flexibility index (Phi) is 3.28. The van der Waals surface area contributed by atoms with Crippen molar-refractivity contribution in [2.75, 3.05) is 5.73 Å². The van der Waals surface area contributed by atoms with Crippen molar-refractivity contribution in [3.8, 4) is 5.75 Å². The highest BCUT2D eigenvalue weighted by Crippen LogP contribution is 2.22. The molecule has 2 aromatic carbocycles. The quantitative estimate of drug-likeness (QED) is 0.820. The lowest BCUT2D eigenvalue weighted by molar-refractivity contribution is 0.226. The van der Waals surface area contributed by atoms with E-state index in [-0.39, 0.29) is 11.9 Å². The maximum Gasteiger partial charge on any atom is 0.123 e. The summed E-state index contributed by atoms with van der Waals surface area (Å²) in [5.74, 6) is 0.371. The van der Waals surface area contributed by atoms with E-state index in [0.717, 1.165) is 5.56 Å². The van der Waals surface area contributed by atoms with E-state index in [1.54, 1.807) is 12.1 Å². The van der Waals surface area contributed by atoms with Crippen molar-refractivity contribution in [1.29, 1.82) is 0 Å². The molecule has 17 heavy (non-hydrogen) atoms. The van der Waals surface area contributed by atoms with E-state index in [1.807, 2.05) is 31.2 Å². The summed E-state index contributed by atoms with van der Waals surface area (Å²) in [5.41, 5.74) is 7.40. The van der Waals surface area contributed by atoms with Gasteiger partial charge in [0.2, 0.25) is 0 Å². The van der Waals surface area contributed by atoms with Crippen LogP contribution in [0.4, 0.5) is 10.1 Å². The molecule has 3 heteroatoms. The highest BCUT2D eigenvalue weighted by Gasteiger charge is 2.07. The summed E-state index contributed by atoms with van der Waals surface area (Å²) < 4.78 is 18.4. The molecule has 0 amide bonds. The summed E-state index contributed by atoms with van der Waals surface area (Å²) in [6, 6.07) is 13.5. The Bertz CT molecular complexity index is 496. The first-order valence-electron chi connectivity index (χ1n) is 5.43. The molecule has 0 fully saturated rings. The standard InChI is InChI=1S/C14H14FNO/c1-10(11-3-2-4-13(16)9-11)17-14-7-5-12(15)6-8-14/h2-10H,16H2,1H3. The van der Waals surface area contributed by atoms with Crippen LogP contribution in [-0.2, 0) is 0 Å². The molecule has 2 nitrogen and oxygen atoms in total. The molecule has 0 saturated heterocycles. The molecule has 0 aliphatic rings. The molecule has 0 aliphatic carbocycles. The molecule has 2 rings (SSSR count). The normalized spacial score (nSPS) is 12.1. The molecule has 0 saturated carbocycles. The fraction of sp³-hybridized carbons (Fsp3) is 0.143. The molecule has 0 heterocycles. The minimum atomic E-state index is -0.269. The van der Waals surface area contributed by atoms with Gasteiger partial charge in [-0.15, -0.1) is 0 Å². The first-order chi connectivity index (χ1) is 8.15. The predicted octanol–water partition coefficient (Wildman–Crippen LogP) is 3.55. The molecule has 2 aromatic rings. The first kappa shape index (κ1) is 11.5. The fourth-order valence-corrected chi connectivity index (χ4v) is 1.60. The summed E-state index contributed by atoms with van der Waals surface area (Å²) in [4.78, 5) is 0. The lowest BCUT2D eigenvalue weighted by Gasteiger charge is -2.15. The van der Waals surface area contributed by atoms with Gasteiger partial charge in [0, 0.05) is 5.69 Å². The van der Waals surface area contributed by atoms with E-state index in [9.17, 15) is 4.39 Å². The molecular weight excluding hydrogens is 217 g/mol. The number of ether oxygens (including phenoxy) is 1. The van der Waals surface area contributed by atoms with E-state index in [4.69, 9.17) is 10.5 Å². The summed E-state index contributed by atoms with van der Waals surface area (Å²) >= 11 is 0. The van der Waals surface area contributed by atoms with Crippen LogP contribution in [0.1, 0.15) is 18.6 Å². The zero-order valence-corrected chi connectivity index (χ0v) is 9.56. The van der Waals surface area contributed by atoms with Gasteiger partial charge in [-0.1, -0.05) is 12.1 Å². The summed E-state index contributed by atoms with van der Waals surface area (Å²) in [6.45, 7) is 1.93. The van der Waals surface area contributed by atoms with Gasteiger partial charge in [-0.2, -0.15) is 0 Å².